The van der Waals surface area contributed by atoms with Gasteiger partial charge in [0.2, 0.25) is 0 Å². The number of para-hydroxylation sites is 1. The fourth-order valence-electron chi connectivity index (χ4n) is 3.40. The van der Waals surface area contributed by atoms with Crippen molar-refractivity contribution in [2.45, 2.75) is 17.7 Å². The number of hydrogen-bond donors (Lipinski definition) is 3. The predicted octanol–water partition coefficient (Wildman–Crippen LogP) is 5.13. The van der Waals surface area contributed by atoms with Crippen molar-refractivity contribution in [3.63, 3.8) is 0 Å². The summed E-state index contributed by atoms with van der Waals surface area (Å²) in [6.45, 7) is 0. The van der Waals surface area contributed by atoms with Crippen LogP contribution in [0.1, 0.15) is 21.5 Å². The van der Waals surface area contributed by atoms with Gasteiger partial charge in [-0.1, -0.05) is 35.9 Å². The van der Waals surface area contributed by atoms with Gasteiger partial charge in [-0.25, -0.2) is 8.42 Å². The molecule has 3 aromatic carbocycles. The van der Waals surface area contributed by atoms with Crippen LogP contribution in [-0.4, -0.2) is 24.5 Å². The standard InChI is InChI=1S/C23H18ClN3O5S/c24-14-9-11-15(12-10-14)33(31,32)27-19-13-20(22(29)17-6-2-1-5-16(17)19)25-26-23(30)18-7-3-4-8-21(18)28/h1-4,7-13,27-29H,5-6H2. The molecule has 3 aromatic rings. The summed E-state index contributed by atoms with van der Waals surface area (Å²) in [5, 5.41) is 28.4. The molecule has 0 spiro atoms. The minimum Gasteiger partial charge on any atom is -0.507 e. The zero-order valence-corrected chi connectivity index (χ0v) is 18.6. The van der Waals surface area contributed by atoms with Gasteiger partial charge in [0.15, 0.2) is 0 Å². The van der Waals surface area contributed by atoms with Crippen molar-refractivity contribution in [3.8, 4) is 11.5 Å². The Hall–Kier alpha value is -3.69. The number of carbonyl (C=O) groups is 1. The summed E-state index contributed by atoms with van der Waals surface area (Å²) in [5.41, 5.74) is 1.16. The Morgan fingerprint density at radius 2 is 1.64 bits per heavy atom. The lowest BCUT2D eigenvalue weighted by molar-refractivity contribution is 0.0992. The quantitative estimate of drug-likeness (QED) is 0.263. The summed E-state index contributed by atoms with van der Waals surface area (Å²) in [4.78, 5) is 12.3. The van der Waals surface area contributed by atoms with Gasteiger partial charge in [0.1, 0.15) is 17.2 Å². The highest BCUT2D eigenvalue weighted by Gasteiger charge is 2.23. The molecule has 10 heteroatoms. The van der Waals surface area contributed by atoms with Gasteiger partial charge in [0, 0.05) is 10.6 Å². The zero-order valence-electron chi connectivity index (χ0n) is 17.1. The van der Waals surface area contributed by atoms with E-state index in [-0.39, 0.29) is 33.3 Å². The fourth-order valence-corrected chi connectivity index (χ4v) is 4.61. The van der Waals surface area contributed by atoms with E-state index in [1.165, 1.54) is 42.5 Å². The molecular formula is C23H18ClN3O5S. The Balaban J connectivity index is 1.73. The molecule has 4 rings (SSSR count). The number of fused-ring (bicyclic) bond motifs is 1. The summed E-state index contributed by atoms with van der Waals surface area (Å²) in [6, 6.07) is 12.9. The van der Waals surface area contributed by atoms with Crippen molar-refractivity contribution in [2.24, 2.45) is 10.2 Å². The third kappa shape index (κ3) is 4.74. The molecule has 33 heavy (non-hydrogen) atoms. The number of nitrogens with one attached hydrogen (secondary N) is 1. The van der Waals surface area contributed by atoms with Crippen LogP contribution in [-0.2, 0) is 22.9 Å². The molecule has 3 N–H and O–H groups in total. The third-order valence-electron chi connectivity index (χ3n) is 5.06. The van der Waals surface area contributed by atoms with E-state index in [0.29, 0.717) is 29.0 Å². The predicted molar refractivity (Wildman–Crippen MR) is 124 cm³/mol. The van der Waals surface area contributed by atoms with Gasteiger partial charge in [-0.3, -0.25) is 9.52 Å². The first kappa shape index (κ1) is 22.5. The first-order valence-electron chi connectivity index (χ1n) is 9.81. The molecule has 0 saturated carbocycles. The largest absolute Gasteiger partial charge is 0.507 e. The number of amides is 1. The Kier molecular flexibility index (Phi) is 6.17. The van der Waals surface area contributed by atoms with Crippen LogP contribution in [0.4, 0.5) is 11.4 Å². The number of phenolic OH excluding ortho intramolecular Hbond substituents is 2. The second-order valence-electron chi connectivity index (χ2n) is 7.21. The van der Waals surface area contributed by atoms with Crippen LogP contribution in [0.3, 0.4) is 0 Å². The van der Waals surface area contributed by atoms with Gasteiger partial charge < -0.3 is 10.2 Å². The molecule has 1 amide bonds. The minimum atomic E-state index is -3.96. The van der Waals surface area contributed by atoms with Crippen molar-refractivity contribution in [3.05, 3.63) is 88.5 Å². The summed E-state index contributed by atoms with van der Waals surface area (Å²) >= 11 is 5.85. The maximum absolute atomic E-state index is 12.9. The van der Waals surface area contributed by atoms with Crippen molar-refractivity contribution in [1.82, 2.24) is 0 Å². The second kappa shape index (κ2) is 9.05. The molecule has 0 heterocycles. The van der Waals surface area contributed by atoms with E-state index in [0.717, 1.165) is 0 Å². The first-order chi connectivity index (χ1) is 15.8. The molecule has 0 aromatic heterocycles. The highest BCUT2D eigenvalue weighted by atomic mass is 35.5. The summed E-state index contributed by atoms with van der Waals surface area (Å²) in [5.74, 6) is -1.26. The van der Waals surface area contributed by atoms with Crippen molar-refractivity contribution in [1.29, 1.82) is 0 Å². The Morgan fingerprint density at radius 3 is 2.33 bits per heavy atom. The van der Waals surface area contributed by atoms with Gasteiger partial charge in [-0.15, -0.1) is 10.2 Å². The van der Waals surface area contributed by atoms with E-state index in [4.69, 9.17) is 11.6 Å². The molecule has 0 atom stereocenters. The second-order valence-corrected chi connectivity index (χ2v) is 9.33. The Bertz CT molecular complexity index is 1400. The zero-order chi connectivity index (χ0) is 23.6. The van der Waals surface area contributed by atoms with Gasteiger partial charge in [-0.05, 0) is 60.9 Å². The van der Waals surface area contributed by atoms with Crippen molar-refractivity contribution < 1.29 is 23.4 Å². The van der Waals surface area contributed by atoms with Crippen LogP contribution in [0.25, 0.3) is 0 Å². The molecule has 168 valence electrons. The minimum absolute atomic E-state index is 0.0120. The van der Waals surface area contributed by atoms with E-state index < -0.39 is 15.9 Å². The summed E-state index contributed by atoms with van der Waals surface area (Å²) in [7, 11) is -3.96. The van der Waals surface area contributed by atoms with Crippen molar-refractivity contribution >= 4 is 38.9 Å². The number of sulfonamides is 1. The van der Waals surface area contributed by atoms with E-state index in [9.17, 15) is 23.4 Å². The normalized spacial score (nSPS) is 13.1. The summed E-state index contributed by atoms with van der Waals surface area (Å²) in [6.07, 6.45) is 4.46. The van der Waals surface area contributed by atoms with Crippen LogP contribution in [0.15, 0.2) is 81.9 Å². The topological polar surface area (TPSA) is 128 Å². The number of anilines is 1. The number of benzene rings is 3. The van der Waals surface area contributed by atoms with E-state index in [1.807, 2.05) is 12.2 Å². The number of halogens is 1. The highest BCUT2D eigenvalue weighted by Crippen LogP contribution is 2.41. The van der Waals surface area contributed by atoms with Gasteiger partial charge in [0.05, 0.1) is 16.1 Å². The highest BCUT2D eigenvalue weighted by molar-refractivity contribution is 7.92. The van der Waals surface area contributed by atoms with Crippen LogP contribution in [0.5, 0.6) is 11.5 Å². The monoisotopic (exact) mass is 483 g/mol. The number of aromatic hydroxyl groups is 2. The van der Waals surface area contributed by atoms with Gasteiger partial charge in [-0.2, -0.15) is 0 Å². The average molecular weight is 484 g/mol. The maximum Gasteiger partial charge on any atom is 0.299 e. The van der Waals surface area contributed by atoms with Crippen LogP contribution < -0.4 is 4.72 Å². The smallest absolute Gasteiger partial charge is 0.299 e. The lowest BCUT2D eigenvalue weighted by Crippen LogP contribution is -2.15. The number of phenols is 2. The Labute approximate surface area is 194 Å². The van der Waals surface area contributed by atoms with E-state index in [1.54, 1.807) is 12.1 Å². The van der Waals surface area contributed by atoms with E-state index >= 15 is 0 Å². The molecule has 0 aliphatic heterocycles. The number of hydrogen-bond acceptors (Lipinski definition) is 6. The van der Waals surface area contributed by atoms with Crippen LogP contribution in [0.2, 0.25) is 5.02 Å². The Morgan fingerprint density at radius 1 is 0.970 bits per heavy atom. The molecule has 0 unspecified atom stereocenters. The molecule has 0 radical (unpaired) electrons. The lowest BCUT2D eigenvalue weighted by Gasteiger charge is -2.19. The lowest BCUT2D eigenvalue weighted by atomic mass is 9.93. The number of allylic oxidation sites excluding steroid dienone is 2. The van der Waals surface area contributed by atoms with E-state index in [2.05, 4.69) is 15.0 Å². The fraction of sp³-hybridized carbons (Fsp3) is 0.0870. The molecule has 8 nitrogen and oxygen atoms in total. The molecule has 1 aliphatic carbocycles. The van der Waals surface area contributed by atoms with Crippen LogP contribution >= 0.6 is 11.6 Å². The molecule has 0 bridgehead atoms. The average Bonchev–Trinajstić information content (AvgIpc) is 2.80. The first-order valence-corrected chi connectivity index (χ1v) is 11.7. The molecular weight excluding hydrogens is 466 g/mol. The maximum atomic E-state index is 12.9. The van der Waals surface area contributed by atoms with Gasteiger partial charge >= 0.3 is 0 Å². The number of nitrogens with zero attached hydrogens (tertiary/aromatic N) is 2. The summed E-state index contributed by atoms with van der Waals surface area (Å²) < 4.78 is 28.4. The third-order valence-corrected chi connectivity index (χ3v) is 6.69. The number of rotatable bonds is 5. The molecule has 0 fully saturated rings. The van der Waals surface area contributed by atoms with Crippen molar-refractivity contribution in [2.75, 3.05) is 4.72 Å². The number of carbonyl (C=O) groups excluding carboxylic acids is 1. The SMILES string of the molecule is O=C(N=Nc1cc(NS(=O)(=O)c2ccc(Cl)cc2)c2c(c1O)CC=CC2)c1ccccc1O. The molecule has 1 aliphatic rings. The van der Waals surface area contributed by atoms with Crippen LogP contribution in [0, 0.1) is 0 Å². The number of azo groups is 1. The molecule has 0 saturated heterocycles. The van der Waals surface area contributed by atoms with Gasteiger partial charge in [0.25, 0.3) is 15.9 Å².